The normalized spacial score (nSPS) is 20.0. The van der Waals surface area contributed by atoms with E-state index in [1.165, 1.54) is 12.8 Å². The van der Waals surface area contributed by atoms with Crippen molar-refractivity contribution in [3.63, 3.8) is 0 Å². The highest BCUT2D eigenvalue weighted by Crippen LogP contribution is 2.04. The maximum absolute atomic E-state index is 9.82. The molecular weight excluding hydrogens is 116 g/mol. The van der Waals surface area contributed by atoms with E-state index in [1.54, 1.807) is 0 Å². The van der Waals surface area contributed by atoms with Crippen LogP contribution in [0.2, 0.25) is 0 Å². The molecular formula is C6H12N2O. The van der Waals surface area contributed by atoms with E-state index in [0.717, 1.165) is 26.2 Å². The van der Waals surface area contributed by atoms with Gasteiger partial charge in [0.15, 0.2) is 0 Å². The Morgan fingerprint density at radius 3 is 2.67 bits per heavy atom. The first kappa shape index (κ1) is 6.55. The lowest BCUT2D eigenvalue weighted by atomic mass is 10.4. The molecule has 1 fully saturated rings. The number of carbonyl (C=O) groups is 1. The highest BCUT2D eigenvalue weighted by Gasteiger charge is 2.08. The number of hydrogen-bond donors (Lipinski definition) is 1. The molecule has 1 rings (SSSR count). The molecule has 0 aromatic heterocycles. The minimum Gasteiger partial charge on any atom is -0.346 e. The summed E-state index contributed by atoms with van der Waals surface area (Å²) in [5.41, 5.74) is 0. The lowest BCUT2D eigenvalue weighted by molar-refractivity contribution is -0.110. The zero-order valence-electron chi connectivity index (χ0n) is 5.47. The van der Waals surface area contributed by atoms with Crippen molar-refractivity contribution in [2.24, 2.45) is 0 Å². The molecule has 1 amide bonds. The highest BCUT2D eigenvalue weighted by atomic mass is 16.1. The van der Waals surface area contributed by atoms with Crippen molar-refractivity contribution < 1.29 is 4.79 Å². The van der Waals surface area contributed by atoms with Crippen LogP contribution in [0.15, 0.2) is 0 Å². The van der Waals surface area contributed by atoms with Gasteiger partial charge in [-0.2, -0.15) is 0 Å². The maximum atomic E-state index is 9.82. The molecule has 0 bridgehead atoms. The number of amides is 1. The molecule has 52 valence electrons. The summed E-state index contributed by atoms with van der Waals surface area (Å²) in [7, 11) is 0. The number of carbonyl (C=O) groups excluding carboxylic acids is 1. The molecule has 1 N–H and O–H groups in total. The van der Waals surface area contributed by atoms with E-state index in [0.29, 0.717) is 0 Å². The van der Waals surface area contributed by atoms with Crippen molar-refractivity contribution in [2.75, 3.05) is 19.8 Å². The van der Waals surface area contributed by atoms with Crippen LogP contribution in [-0.4, -0.2) is 31.1 Å². The van der Waals surface area contributed by atoms with Gasteiger partial charge < -0.3 is 5.32 Å². The van der Waals surface area contributed by atoms with Gasteiger partial charge >= 0.3 is 0 Å². The monoisotopic (exact) mass is 128 g/mol. The quantitative estimate of drug-likeness (QED) is 0.533. The Labute approximate surface area is 55.0 Å². The summed E-state index contributed by atoms with van der Waals surface area (Å²) >= 11 is 0. The van der Waals surface area contributed by atoms with Crippen molar-refractivity contribution >= 4 is 6.41 Å². The molecule has 0 aliphatic carbocycles. The molecule has 0 unspecified atom stereocenters. The summed E-state index contributed by atoms with van der Waals surface area (Å²) in [4.78, 5) is 12.1. The van der Waals surface area contributed by atoms with Gasteiger partial charge in [-0.3, -0.25) is 9.69 Å². The van der Waals surface area contributed by atoms with Gasteiger partial charge in [-0.1, -0.05) is 0 Å². The van der Waals surface area contributed by atoms with Crippen LogP contribution in [0.3, 0.4) is 0 Å². The summed E-state index contributed by atoms with van der Waals surface area (Å²) in [6, 6.07) is 0. The van der Waals surface area contributed by atoms with Crippen LogP contribution in [0.1, 0.15) is 12.8 Å². The predicted octanol–water partition coefficient (Wildman–Crippen LogP) is -0.214. The predicted molar refractivity (Wildman–Crippen MR) is 34.9 cm³/mol. The molecule has 9 heavy (non-hydrogen) atoms. The standard InChI is InChI=1S/C6H12N2O/c9-6-7-5-8-3-1-2-4-8/h6H,1-5H2,(H,7,9). The van der Waals surface area contributed by atoms with Crippen LogP contribution < -0.4 is 5.32 Å². The van der Waals surface area contributed by atoms with E-state index in [1.807, 2.05) is 0 Å². The van der Waals surface area contributed by atoms with Crippen molar-refractivity contribution in [3.8, 4) is 0 Å². The summed E-state index contributed by atoms with van der Waals surface area (Å²) in [5.74, 6) is 0. The third-order valence-corrected chi connectivity index (χ3v) is 1.60. The van der Waals surface area contributed by atoms with Crippen LogP contribution in [0.5, 0.6) is 0 Å². The molecule has 1 aliphatic rings. The second-order valence-electron chi connectivity index (χ2n) is 2.31. The maximum Gasteiger partial charge on any atom is 0.208 e. The molecule has 0 aromatic carbocycles. The average Bonchev–Trinajstić information content (AvgIpc) is 2.34. The molecule has 0 saturated carbocycles. The molecule has 0 aromatic rings. The van der Waals surface area contributed by atoms with Gasteiger partial charge in [0.2, 0.25) is 6.41 Å². The number of likely N-dealkylation sites (tertiary alicyclic amines) is 1. The van der Waals surface area contributed by atoms with Crippen LogP contribution in [0, 0.1) is 0 Å². The molecule has 1 aliphatic heterocycles. The second kappa shape index (κ2) is 3.45. The Morgan fingerprint density at radius 1 is 1.44 bits per heavy atom. The highest BCUT2D eigenvalue weighted by molar-refractivity contribution is 5.45. The molecule has 1 saturated heterocycles. The average molecular weight is 128 g/mol. The first-order valence-electron chi connectivity index (χ1n) is 3.33. The fraction of sp³-hybridized carbons (Fsp3) is 0.833. The van der Waals surface area contributed by atoms with Crippen molar-refractivity contribution in [1.29, 1.82) is 0 Å². The summed E-state index contributed by atoms with van der Waals surface area (Å²) in [6.07, 6.45) is 3.30. The Bertz CT molecular complexity index is 89.1. The van der Waals surface area contributed by atoms with Crippen LogP contribution in [0.4, 0.5) is 0 Å². The first-order valence-corrected chi connectivity index (χ1v) is 3.33. The zero-order valence-corrected chi connectivity index (χ0v) is 5.47. The third kappa shape index (κ3) is 2.01. The number of rotatable bonds is 3. The Kier molecular flexibility index (Phi) is 2.51. The zero-order chi connectivity index (χ0) is 6.53. The van der Waals surface area contributed by atoms with E-state index < -0.39 is 0 Å². The SMILES string of the molecule is O=CNCN1CCCC1. The van der Waals surface area contributed by atoms with Gasteiger partial charge in [0, 0.05) is 0 Å². The van der Waals surface area contributed by atoms with Crippen LogP contribution in [-0.2, 0) is 4.79 Å². The fourth-order valence-electron chi connectivity index (χ4n) is 1.11. The minimum atomic E-state index is 0.726. The number of nitrogens with zero attached hydrogens (tertiary/aromatic N) is 1. The topological polar surface area (TPSA) is 32.3 Å². The van der Waals surface area contributed by atoms with Gasteiger partial charge in [-0.25, -0.2) is 0 Å². The smallest absolute Gasteiger partial charge is 0.208 e. The molecule has 3 heteroatoms. The summed E-state index contributed by atoms with van der Waals surface area (Å²) in [6.45, 7) is 3.01. The summed E-state index contributed by atoms with van der Waals surface area (Å²) < 4.78 is 0. The fourth-order valence-corrected chi connectivity index (χ4v) is 1.11. The van der Waals surface area contributed by atoms with Gasteiger partial charge in [0.1, 0.15) is 0 Å². The van der Waals surface area contributed by atoms with Crippen molar-refractivity contribution in [1.82, 2.24) is 10.2 Å². The van der Waals surface area contributed by atoms with Crippen molar-refractivity contribution in [3.05, 3.63) is 0 Å². The Morgan fingerprint density at radius 2 is 2.11 bits per heavy atom. The van der Waals surface area contributed by atoms with Crippen LogP contribution >= 0.6 is 0 Å². The molecule has 3 nitrogen and oxygen atoms in total. The van der Waals surface area contributed by atoms with Crippen molar-refractivity contribution in [2.45, 2.75) is 12.8 Å². The van der Waals surface area contributed by atoms with E-state index >= 15 is 0 Å². The second-order valence-corrected chi connectivity index (χ2v) is 2.31. The number of nitrogens with one attached hydrogen (secondary N) is 1. The van der Waals surface area contributed by atoms with Gasteiger partial charge in [0.05, 0.1) is 6.67 Å². The van der Waals surface area contributed by atoms with Crippen LogP contribution in [0.25, 0.3) is 0 Å². The molecule has 0 spiro atoms. The molecule has 0 radical (unpaired) electrons. The number of hydrogen-bond acceptors (Lipinski definition) is 2. The minimum absolute atomic E-state index is 0.726. The van der Waals surface area contributed by atoms with Gasteiger partial charge in [0.25, 0.3) is 0 Å². The Balaban J connectivity index is 2.04. The van der Waals surface area contributed by atoms with Gasteiger partial charge in [-0.05, 0) is 25.9 Å². The third-order valence-electron chi connectivity index (χ3n) is 1.60. The molecule has 1 heterocycles. The van der Waals surface area contributed by atoms with E-state index in [9.17, 15) is 4.79 Å². The van der Waals surface area contributed by atoms with Gasteiger partial charge in [-0.15, -0.1) is 0 Å². The van der Waals surface area contributed by atoms with E-state index in [-0.39, 0.29) is 0 Å². The Hall–Kier alpha value is -0.570. The largest absolute Gasteiger partial charge is 0.346 e. The summed E-state index contributed by atoms with van der Waals surface area (Å²) in [5, 5.41) is 2.64. The van der Waals surface area contributed by atoms with E-state index in [4.69, 9.17) is 0 Å². The lowest BCUT2D eigenvalue weighted by Gasteiger charge is -2.11. The van der Waals surface area contributed by atoms with E-state index in [2.05, 4.69) is 10.2 Å². The first-order chi connectivity index (χ1) is 4.43. The lowest BCUT2D eigenvalue weighted by Crippen LogP contribution is -2.30. The molecule has 0 atom stereocenters.